The molecule has 70 valence electrons. The summed E-state index contributed by atoms with van der Waals surface area (Å²) in [6.45, 7) is 0.713. The third-order valence-electron chi connectivity index (χ3n) is 1.89. The Morgan fingerprint density at radius 1 is 1.36 bits per heavy atom. The van der Waals surface area contributed by atoms with Gasteiger partial charge in [-0.3, -0.25) is 0 Å². The first-order chi connectivity index (χ1) is 6.93. The van der Waals surface area contributed by atoms with E-state index < -0.39 is 0 Å². The van der Waals surface area contributed by atoms with Crippen LogP contribution >= 0.6 is 0 Å². The van der Waals surface area contributed by atoms with Crippen LogP contribution in [-0.4, -0.2) is 36.8 Å². The van der Waals surface area contributed by atoms with Crippen LogP contribution in [-0.2, 0) is 4.74 Å². The molecule has 3 heterocycles. The molecular formula is C7H6N6O. The number of epoxide rings is 1. The molecule has 0 bridgehead atoms. The Balaban J connectivity index is 1.93. The monoisotopic (exact) mass is 190 g/mol. The van der Waals surface area contributed by atoms with Crippen LogP contribution < -0.4 is 0 Å². The third-order valence-corrected chi connectivity index (χ3v) is 1.89. The standard InChI is InChI=1S/C7H6N6O/c1-5(13-4-10-11-12-13)2-9-7(8-1)6-3-14-6/h1-2,4,6H,3H2. The minimum Gasteiger partial charge on any atom is -0.365 e. The molecule has 0 spiro atoms. The van der Waals surface area contributed by atoms with Gasteiger partial charge in [0.1, 0.15) is 18.1 Å². The van der Waals surface area contributed by atoms with Crippen LogP contribution in [0.15, 0.2) is 18.7 Å². The zero-order valence-electron chi connectivity index (χ0n) is 7.11. The second-order valence-electron chi connectivity index (χ2n) is 2.88. The summed E-state index contributed by atoms with van der Waals surface area (Å²) in [4.78, 5) is 8.29. The van der Waals surface area contributed by atoms with Crippen LogP contribution in [0.2, 0.25) is 0 Å². The molecule has 0 radical (unpaired) electrons. The highest BCUT2D eigenvalue weighted by Gasteiger charge is 2.27. The molecule has 0 saturated carbocycles. The first kappa shape index (κ1) is 7.51. The maximum atomic E-state index is 5.05. The van der Waals surface area contributed by atoms with E-state index in [1.807, 2.05) is 0 Å². The molecule has 7 heteroatoms. The van der Waals surface area contributed by atoms with E-state index in [0.29, 0.717) is 12.4 Å². The van der Waals surface area contributed by atoms with Crippen LogP contribution in [0.1, 0.15) is 11.9 Å². The summed E-state index contributed by atoms with van der Waals surface area (Å²) < 4.78 is 6.55. The number of rotatable bonds is 2. The average Bonchev–Trinajstić information content (AvgIpc) is 2.94. The Morgan fingerprint density at radius 2 is 2.14 bits per heavy atom. The van der Waals surface area contributed by atoms with E-state index >= 15 is 0 Å². The lowest BCUT2D eigenvalue weighted by Gasteiger charge is -1.98. The molecule has 1 aliphatic rings. The van der Waals surface area contributed by atoms with Crippen LogP contribution in [0.4, 0.5) is 0 Å². The van der Waals surface area contributed by atoms with E-state index in [2.05, 4.69) is 25.5 Å². The molecule has 1 saturated heterocycles. The Labute approximate surface area is 78.7 Å². The molecule has 1 fully saturated rings. The summed E-state index contributed by atoms with van der Waals surface area (Å²) in [6.07, 6.45) is 4.91. The molecule has 2 aromatic heterocycles. The van der Waals surface area contributed by atoms with E-state index in [0.717, 1.165) is 5.69 Å². The lowest BCUT2D eigenvalue weighted by atomic mass is 10.4. The van der Waals surface area contributed by atoms with Crippen LogP contribution in [0.25, 0.3) is 5.69 Å². The van der Waals surface area contributed by atoms with Gasteiger partial charge in [0.2, 0.25) is 0 Å². The predicted octanol–water partition coefficient (Wildman–Crippen LogP) is -0.476. The van der Waals surface area contributed by atoms with Crippen molar-refractivity contribution >= 4 is 0 Å². The minimum absolute atomic E-state index is 0.0814. The van der Waals surface area contributed by atoms with Crippen molar-refractivity contribution in [3.63, 3.8) is 0 Å². The molecule has 1 aliphatic heterocycles. The molecular weight excluding hydrogens is 184 g/mol. The van der Waals surface area contributed by atoms with E-state index in [9.17, 15) is 0 Å². The van der Waals surface area contributed by atoms with Crippen molar-refractivity contribution < 1.29 is 4.74 Å². The first-order valence-electron chi connectivity index (χ1n) is 4.10. The van der Waals surface area contributed by atoms with Crippen molar-refractivity contribution in [3.05, 3.63) is 24.5 Å². The summed E-state index contributed by atoms with van der Waals surface area (Å²) in [5, 5.41) is 10.8. The molecule has 2 aromatic rings. The number of aromatic nitrogens is 6. The van der Waals surface area contributed by atoms with Crippen molar-refractivity contribution in [2.75, 3.05) is 6.61 Å². The normalized spacial score (nSPS) is 19.6. The van der Waals surface area contributed by atoms with E-state index in [1.54, 1.807) is 12.4 Å². The Kier molecular flexibility index (Phi) is 1.51. The van der Waals surface area contributed by atoms with Gasteiger partial charge in [0.25, 0.3) is 0 Å². The number of tetrazole rings is 1. The zero-order chi connectivity index (χ0) is 9.38. The molecule has 1 unspecified atom stereocenters. The molecule has 14 heavy (non-hydrogen) atoms. The summed E-state index contributed by atoms with van der Waals surface area (Å²) >= 11 is 0. The topological polar surface area (TPSA) is 81.9 Å². The van der Waals surface area contributed by atoms with Gasteiger partial charge >= 0.3 is 0 Å². The van der Waals surface area contributed by atoms with Gasteiger partial charge in [-0.1, -0.05) is 0 Å². The maximum absolute atomic E-state index is 5.05. The van der Waals surface area contributed by atoms with Gasteiger partial charge in [-0.05, 0) is 10.4 Å². The fourth-order valence-electron chi connectivity index (χ4n) is 1.09. The van der Waals surface area contributed by atoms with Gasteiger partial charge in [-0.2, -0.15) is 4.68 Å². The number of nitrogens with zero attached hydrogens (tertiary/aromatic N) is 6. The number of hydrogen-bond donors (Lipinski definition) is 0. The van der Waals surface area contributed by atoms with Crippen molar-refractivity contribution in [2.45, 2.75) is 6.10 Å². The van der Waals surface area contributed by atoms with E-state index in [4.69, 9.17) is 4.74 Å². The highest BCUT2D eigenvalue weighted by atomic mass is 16.6. The SMILES string of the molecule is c1nc(C2CO2)ncc1-n1cnnn1. The second-order valence-corrected chi connectivity index (χ2v) is 2.88. The average molecular weight is 190 g/mol. The summed E-state index contributed by atoms with van der Waals surface area (Å²) in [6, 6.07) is 0. The predicted molar refractivity (Wildman–Crippen MR) is 43.4 cm³/mol. The van der Waals surface area contributed by atoms with Gasteiger partial charge < -0.3 is 4.74 Å². The third kappa shape index (κ3) is 1.23. The van der Waals surface area contributed by atoms with Crippen molar-refractivity contribution in [2.24, 2.45) is 0 Å². The van der Waals surface area contributed by atoms with Crippen LogP contribution in [0.3, 0.4) is 0 Å². The minimum atomic E-state index is 0.0814. The smallest absolute Gasteiger partial charge is 0.159 e. The van der Waals surface area contributed by atoms with Gasteiger partial charge in [-0.25, -0.2) is 9.97 Å². The highest BCUT2D eigenvalue weighted by molar-refractivity contribution is 5.22. The van der Waals surface area contributed by atoms with E-state index in [-0.39, 0.29) is 6.10 Å². The Hall–Kier alpha value is -1.89. The molecule has 1 atom stereocenters. The van der Waals surface area contributed by atoms with Crippen molar-refractivity contribution in [3.8, 4) is 5.69 Å². The number of ether oxygens (including phenoxy) is 1. The fraction of sp³-hybridized carbons (Fsp3) is 0.286. The van der Waals surface area contributed by atoms with Crippen LogP contribution in [0, 0.1) is 0 Å². The second kappa shape index (κ2) is 2.81. The maximum Gasteiger partial charge on any atom is 0.159 e. The van der Waals surface area contributed by atoms with E-state index in [1.165, 1.54) is 11.0 Å². The molecule has 3 rings (SSSR count). The zero-order valence-corrected chi connectivity index (χ0v) is 7.11. The lowest BCUT2D eigenvalue weighted by Crippen LogP contribution is -1.99. The molecule has 0 aliphatic carbocycles. The molecule has 0 N–H and O–H groups in total. The fourth-order valence-corrected chi connectivity index (χ4v) is 1.09. The summed E-state index contributed by atoms with van der Waals surface area (Å²) in [5.41, 5.74) is 0.736. The lowest BCUT2D eigenvalue weighted by molar-refractivity contribution is 0.406. The van der Waals surface area contributed by atoms with Gasteiger partial charge in [0.15, 0.2) is 5.82 Å². The molecule has 7 nitrogen and oxygen atoms in total. The van der Waals surface area contributed by atoms with Crippen molar-refractivity contribution in [1.82, 2.24) is 30.2 Å². The number of hydrogen-bond acceptors (Lipinski definition) is 6. The molecule has 0 amide bonds. The van der Waals surface area contributed by atoms with Gasteiger partial charge in [-0.15, -0.1) is 5.10 Å². The largest absolute Gasteiger partial charge is 0.365 e. The Morgan fingerprint density at radius 3 is 2.71 bits per heavy atom. The first-order valence-corrected chi connectivity index (χ1v) is 4.10. The summed E-state index contributed by atoms with van der Waals surface area (Å²) in [7, 11) is 0. The highest BCUT2D eigenvalue weighted by Crippen LogP contribution is 2.26. The van der Waals surface area contributed by atoms with Gasteiger partial charge in [0.05, 0.1) is 19.0 Å². The molecule has 0 aromatic carbocycles. The quantitative estimate of drug-likeness (QED) is 0.595. The Bertz CT molecular complexity index is 420. The van der Waals surface area contributed by atoms with Crippen molar-refractivity contribution in [1.29, 1.82) is 0 Å². The van der Waals surface area contributed by atoms with Crippen LogP contribution in [0.5, 0.6) is 0 Å². The van der Waals surface area contributed by atoms with Gasteiger partial charge in [0, 0.05) is 0 Å². The summed E-state index contributed by atoms with van der Waals surface area (Å²) in [5.74, 6) is 0.710.